The normalized spacial score (nSPS) is 13.3. The lowest BCUT2D eigenvalue weighted by Crippen LogP contribution is -1.98. The van der Waals surface area contributed by atoms with Crippen LogP contribution in [0.1, 0.15) is 26.3 Å². The van der Waals surface area contributed by atoms with Gasteiger partial charge in [-0.1, -0.05) is 36.4 Å². The molecule has 1 aromatic carbocycles. The molecule has 1 N–H and O–H groups in total. The molecule has 0 radical (unpaired) electrons. The van der Waals surface area contributed by atoms with Crippen LogP contribution in [0.3, 0.4) is 0 Å². The highest BCUT2D eigenvalue weighted by atomic mass is 16.4. The highest BCUT2D eigenvalue weighted by Crippen LogP contribution is 2.17. The second kappa shape index (κ2) is 5.31. The molecule has 0 heterocycles. The number of benzene rings is 1. The van der Waals surface area contributed by atoms with E-state index in [-0.39, 0.29) is 0 Å². The Kier molecular flexibility index (Phi) is 4.06. The van der Waals surface area contributed by atoms with Gasteiger partial charge in [0.05, 0.1) is 0 Å². The molecule has 0 spiro atoms. The molecule has 0 aliphatic carbocycles. The summed E-state index contributed by atoms with van der Waals surface area (Å²) in [5.41, 5.74) is 3.35. The van der Waals surface area contributed by atoms with Crippen LogP contribution in [0.4, 0.5) is 0 Å². The van der Waals surface area contributed by atoms with E-state index >= 15 is 0 Å². The first-order valence-corrected chi connectivity index (χ1v) is 5.17. The van der Waals surface area contributed by atoms with Crippen molar-refractivity contribution in [3.05, 3.63) is 53.1 Å². The number of allylic oxidation sites excluding steroid dienone is 3. The van der Waals surface area contributed by atoms with E-state index in [0.29, 0.717) is 5.57 Å². The summed E-state index contributed by atoms with van der Waals surface area (Å²) in [6, 6.07) is 9.91. The van der Waals surface area contributed by atoms with Gasteiger partial charge in [-0.3, -0.25) is 0 Å². The van der Waals surface area contributed by atoms with Crippen LogP contribution in [-0.2, 0) is 4.79 Å². The quantitative estimate of drug-likeness (QED) is 0.620. The molecule has 0 unspecified atom stereocenters. The molecule has 1 rings (SSSR count). The van der Waals surface area contributed by atoms with Gasteiger partial charge in [-0.2, -0.15) is 0 Å². The summed E-state index contributed by atoms with van der Waals surface area (Å²) in [7, 11) is 0. The summed E-state index contributed by atoms with van der Waals surface area (Å²) < 4.78 is 0. The van der Waals surface area contributed by atoms with Crippen LogP contribution in [-0.4, -0.2) is 11.1 Å². The van der Waals surface area contributed by atoms with Crippen molar-refractivity contribution in [2.45, 2.75) is 20.8 Å². The van der Waals surface area contributed by atoms with Gasteiger partial charge in [0.15, 0.2) is 0 Å². The van der Waals surface area contributed by atoms with Gasteiger partial charge in [0.25, 0.3) is 0 Å². The Labute approximate surface area is 95.9 Å². The molecule has 0 bridgehead atoms. The fourth-order valence-corrected chi connectivity index (χ4v) is 1.39. The average Bonchev–Trinajstić information content (AvgIpc) is 2.28. The van der Waals surface area contributed by atoms with Gasteiger partial charge in [-0.05, 0) is 37.5 Å². The third kappa shape index (κ3) is 3.09. The molecule has 0 aliphatic rings. The number of hydrogen-bond acceptors (Lipinski definition) is 1. The van der Waals surface area contributed by atoms with E-state index in [4.69, 9.17) is 5.11 Å². The Balaban J connectivity index is 3.03. The standard InChI is InChI=1S/C14H16O2/c1-10(12(3)14(15)16)9-11(2)13-7-5-4-6-8-13/h4-9H,1-3H3,(H,15,16). The summed E-state index contributed by atoms with van der Waals surface area (Å²) >= 11 is 0. The SMILES string of the molecule is CC(=CC(C)=C(C)C(=O)O)c1ccccc1. The van der Waals surface area contributed by atoms with E-state index in [2.05, 4.69) is 0 Å². The van der Waals surface area contributed by atoms with E-state index < -0.39 is 5.97 Å². The molecule has 0 aliphatic heterocycles. The van der Waals surface area contributed by atoms with Gasteiger partial charge in [0, 0.05) is 5.57 Å². The molecule has 0 saturated heterocycles. The summed E-state index contributed by atoms with van der Waals surface area (Å²) in [6.07, 6.45) is 1.90. The predicted molar refractivity (Wildman–Crippen MR) is 66.1 cm³/mol. The largest absolute Gasteiger partial charge is 0.478 e. The molecule has 0 saturated carbocycles. The maximum absolute atomic E-state index is 10.8. The number of rotatable bonds is 3. The Morgan fingerprint density at radius 1 is 1.12 bits per heavy atom. The van der Waals surface area contributed by atoms with Crippen molar-refractivity contribution in [3.8, 4) is 0 Å². The molecular weight excluding hydrogens is 200 g/mol. The van der Waals surface area contributed by atoms with Gasteiger partial charge < -0.3 is 5.11 Å². The highest BCUT2D eigenvalue weighted by Gasteiger charge is 2.03. The van der Waals surface area contributed by atoms with Crippen molar-refractivity contribution >= 4 is 11.5 Å². The van der Waals surface area contributed by atoms with E-state index in [1.807, 2.05) is 50.3 Å². The first kappa shape index (κ1) is 12.2. The maximum Gasteiger partial charge on any atom is 0.331 e. The fraction of sp³-hybridized carbons (Fsp3) is 0.214. The lowest BCUT2D eigenvalue weighted by Gasteiger charge is -2.03. The molecular formula is C14H16O2. The van der Waals surface area contributed by atoms with Gasteiger partial charge in [0.2, 0.25) is 0 Å². The third-order valence-electron chi connectivity index (χ3n) is 2.57. The second-order valence-corrected chi connectivity index (χ2v) is 3.81. The number of carboxylic acids is 1. The summed E-state index contributed by atoms with van der Waals surface area (Å²) in [6.45, 7) is 5.41. The topological polar surface area (TPSA) is 37.3 Å². The average molecular weight is 216 g/mol. The number of carboxylic acid groups (broad SMARTS) is 1. The maximum atomic E-state index is 10.8. The van der Waals surface area contributed by atoms with Crippen molar-refractivity contribution in [2.24, 2.45) is 0 Å². The minimum atomic E-state index is -0.866. The molecule has 1 aromatic rings. The van der Waals surface area contributed by atoms with E-state index in [1.54, 1.807) is 6.92 Å². The zero-order valence-electron chi connectivity index (χ0n) is 9.82. The van der Waals surface area contributed by atoms with Crippen LogP contribution in [0.15, 0.2) is 47.6 Å². The minimum absolute atomic E-state index is 0.385. The van der Waals surface area contributed by atoms with Crippen LogP contribution < -0.4 is 0 Å². The number of hydrogen-bond donors (Lipinski definition) is 1. The predicted octanol–water partition coefficient (Wildman–Crippen LogP) is 3.51. The van der Waals surface area contributed by atoms with Crippen LogP contribution in [0.25, 0.3) is 5.57 Å². The van der Waals surface area contributed by atoms with Gasteiger partial charge in [-0.25, -0.2) is 4.79 Å². The Hall–Kier alpha value is -1.83. The zero-order chi connectivity index (χ0) is 12.1. The molecule has 0 aromatic heterocycles. The van der Waals surface area contributed by atoms with Gasteiger partial charge >= 0.3 is 5.97 Å². The fourth-order valence-electron chi connectivity index (χ4n) is 1.39. The Morgan fingerprint density at radius 3 is 2.19 bits per heavy atom. The first-order chi connectivity index (χ1) is 7.52. The van der Waals surface area contributed by atoms with Crippen LogP contribution in [0, 0.1) is 0 Å². The van der Waals surface area contributed by atoms with Crippen LogP contribution in [0.5, 0.6) is 0 Å². The Morgan fingerprint density at radius 2 is 1.69 bits per heavy atom. The minimum Gasteiger partial charge on any atom is -0.478 e. The molecule has 2 heteroatoms. The molecule has 2 nitrogen and oxygen atoms in total. The molecule has 16 heavy (non-hydrogen) atoms. The highest BCUT2D eigenvalue weighted by molar-refractivity contribution is 5.88. The van der Waals surface area contributed by atoms with E-state index in [9.17, 15) is 4.79 Å². The zero-order valence-corrected chi connectivity index (χ0v) is 9.82. The smallest absolute Gasteiger partial charge is 0.331 e. The second-order valence-electron chi connectivity index (χ2n) is 3.81. The van der Waals surface area contributed by atoms with Crippen molar-refractivity contribution in [1.29, 1.82) is 0 Å². The molecule has 0 fully saturated rings. The van der Waals surface area contributed by atoms with Crippen molar-refractivity contribution in [1.82, 2.24) is 0 Å². The number of aliphatic carboxylic acids is 1. The van der Waals surface area contributed by atoms with E-state index in [1.165, 1.54) is 0 Å². The number of carbonyl (C=O) groups is 1. The lowest BCUT2D eigenvalue weighted by atomic mass is 10.0. The van der Waals surface area contributed by atoms with E-state index in [0.717, 1.165) is 16.7 Å². The van der Waals surface area contributed by atoms with Crippen molar-refractivity contribution in [3.63, 3.8) is 0 Å². The monoisotopic (exact) mass is 216 g/mol. The lowest BCUT2D eigenvalue weighted by molar-refractivity contribution is -0.132. The van der Waals surface area contributed by atoms with Crippen molar-refractivity contribution < 1.29 is 9.90 Å². The van der Waals surface area contributed by atoms with Gasteiger partial charge in [-0.15, -0.1) is 0 Å². The first-order valence-electron chi connectivity index (χ1n) is 5.17. The van der Waals surface area contributed by atoms with Gasteiger partial charge in [0.1, 0.15) is 0 Å². The third-order valence-corrected chi connectivity index (χ3v) is 2.57. The molecule has 0 atom stereocenters. The summed E-state index contributed by atoms with van der Waals surface area (Å²) in [5.74, 6) is -0.866. The molecule has 0 amide bonds. The summed E-state index contributed by atoms with van der Waals surface area (Å²) in [5, 5.41) is 8.85. The van der Waals surface area contributed by atoms with Crippen molar-refractivity contribution in [2.75, 3.05) is 0 Å². The van der Waals surface area contributed by atoms with Crippen LogP contribution >= 0.6 is 0 Å². The Bertz CT molecular complexity index is 439. The van der Waals surface area contributed by atoms with Crippen LogP contribution in [0.2, 0.25) is 0 Å². The summed E-state index contributed by atoms with van der Waals surface area (Å²) in [4.78, 5) is 10.8. The molecule has 84 valence electrons.